The molecule has 1 aromatic carbocycles. The molecule has 0 unspecified atom stereocenters. The number of benzene rings is 1. The van der Waals surface area contributed by atoms with Gasteiger partial charge in [-0.2, -0.15) is 0 Å². The molecule has 132 valence electrons. The van der Waals surface area contributed by atoms with E-state index in [9.17, 15) is 4.79 Å². The minimum atomic E-state index is 0.0313. The maximum Gasteiger partial charge on any atom is 0.265 e. The predicted octanol–water partition coefficient (Wildman–Crippen LogP) is 5.26. The number of nitrogens with one attached hydrogen (secondary N) is 1. The van der Waals surface area contributed by atoms with Gasteiger partial charge in [0.25, 0.3) is 5.91 Å². The summed E-state index contributed by atoms with van der Waals surface area (Å²) in [4.78, 5) is 17.3. The van der Waals surface area contributed by atoms with Crippen molar-refractivity contribution in [2.24, 2.45) is 0 Å². The Bertz CT molecular complexity index is 705. The number of fused-ring (bicyclic) bond motifs is 1. The molecule has 0 spiro atoms. The molecule has 1 aliphatic carbocycles. The number of hydrogen-bond acceptors (Lipinski definition) is 3. The van der Waals surface area contributed by atoms with Crippen molar-refractivity contribution in [3.05, 3.63) is 45.6 Å². The van der Waals surface area contributed by atoms with E-state index in [0.717, 1.165) is 36.5 Å². The Balaban J connectivity index is 1.42. The van der Waals surface area contributed by atoms with Crippen LogP contribution in [0, 0.1) is 0 Å². The quantitative estimate of drug-likeness (QED) is 0.763. The second kappa shape index (κ2) is 7.61. The summed E-state index contributed by atoms with van der Waals surface area (Å²) in [5.74, 6) is 0.0313. The molecule has 1 amide bonds. The Kier molecular flexibility index (Phi) is 5.07. The zero-order chi connectivity index (χ0) is 17.1. The lowest BCUT2D eigenvalue weighted by atomic mass is 10.1. The summed E-state index contributed by atoms with van der Waals surface area (Å²) in [6.45, 7) is 2.29. The van der Waals surface area contributed by atoms with Gasteiger partial charge in [0.15, 0.2) is 0 Å². The summed E-state index contributed by atoms with van der Waals surface area (Å²) in [6.07, 6.45) is 9.99. The van der Waals surface area contributed by atoms with Gasteiger partial charge in [-0.3, -0.25) is 4.79 Å². The largest absolute Gasteiger partial charge is 0.372 e. The molecule has 1 aliphatic heterocycles. The van der Waals surface area contributed by atoms with E-state index < -0.39 is 0 Å². The Morgan fingerprint density at radius 3 is 2.44 bits per heavy atom. The lowest BCUT2D eigenvalue weighted by Crippen LogP contribution is -2.29. The van der Waals surface area contributed by atoms with E-state index >= 15 is 0 Å². The molecule has 0 radical (unpaired) electrons. The van der Waals surface area contributed by atoms with Crippen LogP contribution in [-0.2, 0) is 12.8 Å². The van der Waals surface area contributed by atoms with Gasteiger partial charge in [-0.25, -0.2) is 0 Å². The van der Waals surface area contributed by atoms with E-state index in [1.165, 1.54) is 54.7 Å². The van der Waals surface area contributed by atoms with Crippen molar-refractivity contribution in [3.8, 4) is 0 Å². The Hall–Kier alpha value is -1.81. The molecule has 0 atom stereocenters. The van der Waals surface area contributed by atoms with Crippen molar-refractivity contribution in [2.45, 2.75) is 51.4 Å². The molecule has 1 fully saturated rings. The van der Waals surface area contributed by atoms with Crippen LogP contribution in [-0.4, -0.2) is 19.0 Å². The van der Waals surface area contributed by atoms with Gasteiger partial charge in [0.1, 0.15) is 0 Å². The average molecular weight is 355 g/mol. The molecule has 0 saturated carbocycles. The minimum absolute atomic E-state index is 0.0313. The lowest BCUT2D eigenvalue weighted by Gasteiger charge is -2.28. The van der Waals surface area contributed by atoms with Crippen molar-refractivity contribution in [2.75, 3.05) is 23.3 Å². The van der Waals surface area contributed by atoms with Gasteiger partial charge in [-0.05, 0) is 80.8 Å². The molecule has 2 aliphatic rings. The van der Waals surface area contributed by atoms with Crippen LogP contribution >= 0.6 is 11.3 Å². The maximum atomic E-state index is 12.6. The summed E-state index contributed by atoms with van der Waals surface area (Å²) in [7, 11) is 0. The summed E-state index contributed by atoms with van der Waals surface area (Å²) >= 11 is 1.68. The van der Waals surface area contributed by atoms with E-state index in [-0.39, 0.29) is 5.91 Å². The molecule has 1 saturated heterocycles. The molecule has 0 bridgehead atoms. The van der Waals surface area contributed by atoms with Crippen LogP contribution in [0.25, 0.3) is 0 Å². The van der Waals surface area contributed by atoms with Crippen LogP contribution in [0.15, 0.2) is 30.3 Å². The zero-order valence-electron chi connectivity index (χ0n) is 14.7. The molecular weight excluding hydrogens is 328 g/mol. The van der Waals surface area contributed by atoms with Gasteiger partial charge in [0.2, 0.25) is 0 Å². The van der Waals surface area contributed by atoms with Crippen LogP contribution in [0.5, 0.6) is 0 Å². The number of rotatable bonds is 3. The summed E-state index contributed by atoms with van der Waals surface area (Å²) in [5, 5.41) is 3.07. The number of carbonyl (C=O) groups excluding carboxylic acids is 1. The molecule has 2 aromatic rings. The Morgan fingerprint density at radius 2 is 1.64 bits per heavy atom. The molecule has 1 aromatic heterocycles. The number of thiophene rings is 1. The fourth-order valence-electron chi connectivity index (χ4n) is 3.88. The smallest absolute Gasteiger partial charge is 0.265 e. The van der Waals surface area contributed by atoms with Crippen molar-refractivity contribution >= 4 is 28.6 Å². The van der Waals surface area contributed by atoms with Gasteiger partial charge >= 0.3 is 0 Å². The van der Waals surface area contributed by atoms with Gasteiger partial charge in [-0.15, -0.1) is 11.3 Å². The Labute approximate surface area is 154 Å². The first-order valence-corrected chi connectivity index (χ1v) is 10.4. The number of carbonyl (C=O) groups is 1. The first-order chi connectivity index (χ1) is 12.3. The van der Waals surface area contributed by atoms with Crippen molar-refractivity contribution in [1.29, 1.82) is 0 Å². The second-order valence-corrected chi connectivity index (χ2v) is 8.31. The Morgan fingerprint density at radius 1 is 0.920 bits per heavy atom. The highest BCUT2D eigenvalue weighted by molar-refractivity contribution is 7.14. The first-order valence-electron chi connectivity index (χ1n) is 9.57. The van der Waals surface area contributed by atoms with Gasteiger partial charge < -0.3 is 10.2 Å². The lowest BCUT2D eigenvalue weighted by molar-refractivity contribution is 0.103. The fourth-order valence-corrected chi connectivity index (χ4v) is 5.03. The van der Waals surface area contributed by atoms with E-state index in [1.54, 1.807) is 11.3 Å². The second-order valence-electron chi connectivity index (χ2n) is 7.17. The predicted molar refractivity (Wildman–Crippen MR) is 106 cm³/mol. The monoisotopic (exact) mass is 354 g/mol. The average Bonchev–Trinajstić information content (AvgIpc) is 2.94. The van der Waals surface area contributed by atoms with Crippen LogP contribution in [0.1, 0.15) is 58.6 Å². The SMILES string of the molecule is O=C(Nc1ccc(N2CCCCC2)cc1)c1cc2c(s1)CCCCC2. The van der Waals surface area contributed by atoms with Crippen LogP contribution in [0.4, 0.5) is 11.4 Å². The number of anilines is 2. The molecule has 4 rings (SSSR count). The fraction of sp³-hybridized carbons (Fsp3) is 0.476. The maximum absolute atomic E-state index is 12.6. The molecule has 3 nitrogen and oxygen atoms in total. The minimum Gasteiger partial charge on any atom is -0.372 e. The summed E-state index contributed by atoms with van der Waals surface area (Å²) in [6, 6.07) is 10.4. The number of hydrogen-bond donors (Lipinski definition) is 1. The molecule has 1 N–H and O–H groups in total. The number of amides is 1. The van der Waals surface area contributed by atoms with Crippen LogP contribution in [0.2, 0.25) is 0 Å². The number of aryl methyl sites for hydroxylation is 2. The third kappa shape index (κ3) is 3.90. The molecular formula is C21H26N2OS. The molecule has 25 heavy (non-hydrogen) atoms. The third-order valence-corrected chi connectivity index (χ3v) is 6.55. The molecule has 2 heterocycles. The highest BCUT2D eigenvalue weighted by Gasteiger charge is 2.17. The highest BCUT2D eigenvalue weighted by Crippen LogP contribution is 2.29. The van der Waals surface area contributed by atoms with Crippen molar-refractivity contribution in [3.63, 3.8) is 0 Å². The van der Waals surface area contributed by atoms with Crippen LogP contribution in [0.3, 0.4) is 0 Å². The van der Waals surface area contributed by atoms with Gasteiger partial charge in [-0.1, -0.05) is 6.42 Å². The van der Waals surface area contributed by atoms with Gasteiger partial charge in [0, 0.05) is 29.3 Å². The topological polar surface area (TPSA) is 32.3 Å². The van der Waals surface area contributed by atoms with Crippen molar-refractivity contribution in [1.82, 2.24) is 0 Å². The van der Waals surface area contributed by atoms with Gasteiger partial charge in [0.05, 0.1) is 4.88 Å². The standard InChI is InChI=1S/C21H26N2OS/c24-21(20-15-16-7-3-1-4-8-19(16)25-20)22-17-9-11-18(12-10-17)23-13-5-2-6-14-23/h9-12,15H,1-8,13-14H2,(H,22,24). The number of piperidine rings is 1. The van der Waals surface area contributed by atoms with E-state index in [1.807, 2.05) is 12.1 Å². The highest BCUT2D eigenvalue weighted by atomic mass is 32.1. The van der Waals surface area contributed by atoms with Crippen molar-refractivity contribution < 1.29 is 4.79 Å². The summed E-state index contributed by atoms with van der Waals surface area (Å²) < 4.78 is 0. The number of nitrogens with zero attached hydrogens (tertiary/aromatic N) is 1. The molecule has 4 heteroatoms. The zero-order valence-corrected chi connectivity index (χ0v) is 15.5. The first kappa shape index (κ1) is 16.6. The normalized spacial score (nSPS) is 17.7. The van der Waals surface area contributed by atoms with Crippen LogP contribution < -0.4 is 10.2 Å². The van der Waals surface area contributed by atoms with E-state index in [0.29, 0.717) is 0 Å². The van der Waals surface area contributed by atoms with E-state index in [4.69, 9.17) is 0 Å². The summed E-state index contributed by atoms with van der Waals surface area (Å²) in [5.41, 5.74) is 3.54. The van der Waals surface area contributed by atoms with E-state index in [2.05, 4.69) is 28.4 Å². The third-order valence-electron chi connectivity index (χ3n) is 5.32.